The van der Waals surface area contributed by atoms with E-state index in [1.54, 1.807) is 30.0 Å². The Morgan fingerprint density at radius 1 is 0.892 bits per heavy atom. The van der Waals surface area contributed by atoms with Crippen molar-refractivity contribution in [2.45, 2.75) is 100 Å². The van der Waals surface area contributed by atoms with E-state index in [9.17, 15) is 42.0 Å². The summed E-state index contributed by atoms with van der Waals surface area (Å²) in [5.41, 5.74) is 2.89. The normalized spacial score (nSPS) is 26.4. The third kappa shape index (κ3) is 10.7. The second-order valence-corrected chi connectivity index (χ2v) is 21.3. The van der Waals surface area contributed by atoms with Crippen molar-refractivity contribution >= 4 is 68.8 Å². The lowest BCUT2D eigenvalue weighted by molar-refractivity contribution is -0.136. The molecule has 0 radical (unpaired) electrons. The van der Waals surface area contributed by atoms with Gasteiger partial charge in [-0.15, -0.1) is 11.8 Å². The number of thioether (sulfide) groups is 1. The molecule has 5 heterocycles. The SMILES string of the molecule is CS(=O)(=O)N1CCC(C(=O)NCC(=O)NC2NC(c3cccc(C4CCNC(C5(C(=O)NCCCCCCNc6ccc7c(c6)C(=O)N(C6CCC(=O)NC6=O)C7=O)CC5)C4)c3)CS2)C1. The summed E-state index contributed by atoms with van der Waals surface area (Å²) in [6.07, 6.45) is 8.98. The van der Waals surface area contributed by atoms with E-state index in [-0.39, 0.29) is 77.8 Å². The Bertz CT molecular complexity index is 2330. The monoisotopic (exact) mass is 933 g/mol. The van der Waals surface area contributed by atoms with Gasteiger partial charge < -0.3 is 26.6 Å². The Hall–Kier alpha value is -4.89. The number of imide groups is 2. The van der Waals surface area contributed by atoms with Gasteiger partial charge in [0, 0.05) is 56.1 Å². The van der Waals surface area contributed by atoms with Crippen molar-refractivity contribution in [3.05, 3.63) is 64.7 Å². The number of nitrogens with zero attached hydrogens (tertiary/aromatic N) is 2. The van der Waals surface area contributed by atoms with Crippen LogP contribution >= 0.6 is 11.8 Å². The van der Waals surface area contributed by atoms with Crippen LogP contribution < -0.4 is 37.2 Å². The Morgan fingerprint density at radius 3 is 2.42 bits per heavy atom. The van der Waals surface area contributed by atoms with Gasteiger partial charge in [-0.25, -0.2) is 12.7 Å². The average Bonchev–Trinajstić information content (AvgIpc) is 3.57. The van der Waals surface area contributed by atoms with Gasteiger partial charge in [-0.05, 0) is 93.2 Å². The minimum Gasteiger partial charge on any atom is -0.385 e. The minimum absolute atomic E-state index is 0.0287. The van der Waals surface area contributed by atoms with Crippen LogP contribution in [-0.2, 0) is 34.0 Å². The van der Waals surface area contributed by atoms with Gasteiger partial charge in [0.05, 0.1) is 35.3 Å². The summed E-state index contributed by atoms with van der Waals surface area (Å²) in [5.74, 6) is -2.01. The van der Waals surface area contributed by atoms with Gasteiger partial charge in [0.1, 0.15) is 11.5 Å². The number of hydrogen-bond acceptors (Lipinski definition) is 13. The standard InChI is InChI=1S/C45H59N9O9S2/c1-65(62,63)53-20-14-30(25-53)39(57)49-24-38(56)52-44-50-34(26-64-44)29-8-6-7-27(21-29)28-13-19-47-36(22-28)45(15-16-45)43(61)48-18-5-3-2-4-17-46-31-9-10-32-33(23-31)42(60)54(41(32)59)35-11-12-37(55)51-40(35)58/h6-10,21,23,28,30,34-36,44,46-47,50H,2-5,11-20,22,24-26H2,1H3,(H,48,61)(H,49,57)(H,52,56)(H,51,55,58). The van der Waals surface area contributed by atoms with Crippen molar-refractivity contribution in [3.8, 4) is 0 Å². The molecule has 18 nitrogen and oxygen atoms in total. The quantitative estimate of drug-likeness (QED) is 0.0833. The molecule has 2 aromatic carbocycles. The maximum absolute atomic E-state index is 13.6. The van der Waals surface area contributed by atoms with Crippen LogP contribution in [0.3, 0.4) is 0 Å². The highest BCUT2D eigenvalue weighted by Gasteiger charge is 2.56. The number of unbranched alkanes of at least 4 members (excludes halogenated alkanes) is 3. The van der Waals surface area contributed by atoms with Crippen molar-refractivity contribution in [1.29, 1.82) is 0 Å². The average molecular weight is 934 g/mol. The highest BCUT2D eigenvalue weighted by molar-refractivity contribution is 8.00. The fraction of sp³-hybridized carbons (Fsp3) is 0.578. The fourth-order valence-corrected chi connectivity index (χ4v) is 11.9. The molecule has 20 heteroatoms. The molecule has 5 aliphatic heterocycles. The molecule has 5 fully saturated rings. The van der Waals surface area contributed by atoms with Crippen molar-refractivity contribution < 1.29 is 42.0 Å². The van der Waals surface area contributed by atoms with E-state index in [1.165, 1.54) is 9.87 Å². The molecule has 1 saturated carbocycles. The molecule has 7 N–H and O–H groups in total. The molecule has 0 spiro atoms. The van der Waals surface area contributed by atoms with E-state index in [4.69, 9.17) is 0 Å². The number of sulfonamides is 1. The highest BCUT2D eigenvalue weighted by atomic mass is 32.2. The molecular weight excluding hydrogens is 875 g/mol. The van der Waals surface area contributed by atoms with Crippen LogP contribution in [0.2, 0.25) is 0 Å². The van der Waals surface area contributed by atoms with E-state index >= 15 is 0 Å². The number of fused-ring (bicyclic) bond motifs is 1. The molecular formula is C45H59N9O9S2. The van der Waals surface area contributed by atoms with Crippen molar-refractivity contribution in [1.82, 2.24) is 41.1 Å². The molecule has 0 bridgehead atoms. The molecule has 0 aromatic heterocycles. The summed E-state index contributed by atoms with van der Waals surface area (Å²) in [4.78, 5) is 89.9. The maximum Gasteiger partial charge on any atom is 0.262 e. The summed E-state index contributed by atoms with van der Waals surface area (Å²) in [6, 6.07) is 12.7. The smallest absolute Gasteiger partial charge is 0.262 e. The van der Waals surface area contributed by atoms with Crippen LogP contribution in [0, 0.1) is 11.3 Å². The minimum atomic E-state index is -3.36. The number of amides is 7. The van der Waals surface area contributed by atoms with Crippen LogP contribution in [0.1, 0.15) is 114 Å². The molecule has 7 amide bonds. The molecule has 65 heavy (non-hydrogen) atoms. The van der Waals surface area contributed by atoms with Gasteiger partial charge in [0.25, 0.3) is 11.8 Å². The van der Waals surface area contributed by atoms with E-state index in [1.807, 2.05) is 0 Å². The Labute approximate surface area is 383 Å². The number of nitrogens with one attached hydrogen (secondary N) is 7. The summed E-state index contributed by atoms with van der Waals surface area (Å²) < 4.78 is 24.9. The van der Waals surface area contributed by atoms with Gasteiger partial charge in [-0.3, -0.25) is 49.1 Å². The highest BCUT2D eigenvalue weighted by Crippen LogP contribution is 2.52. The van der Waals surface area contributed by atoms with Gasteiger partial charge in [0.2, 0.25) is 39.6 Å². The predicted octanol–water partition coefficient (Wildman–Crippen LogP) is 1.67. The Morgan fingerprint density at radius 2 is 1.66 bits per heavy atom. The van der Waals surface area contributed by atoms with Crippen molar-refractivity contribution in [3.63, 3.8) is 0 Å². The number of piperidine rings is 2. The zero-order valence-corrected chi connectivity index (χ0v) is 38.3. The van der Waals surface area contributed by atoms with Crippen LogP contribution in [-0.4, -0.2) is 128 Å². The molecule has 2 aromatic rings. The summed E-state index contributed by atoms with van der Waals surface area (Å²) in [5, 5.41) is 21.5. The van der Waals surface area contributed by atoms with E-state index in [0.717, 1.165) is 80.4 Å². The molecule has 350 valence electrons. The maximum atomic E-state index is 13.6. The van der Waals surface area contributed by atoms with Gasteiger partial charge >= 0.3 is 0 Å². The second kappa shape index (κ2) is 19.9. The molecule has 4 saturated heterocycles. The van der Waals surface area contributed by atoms with E-state index < -0.39 is 45.6 Å². The first kappa shape index (κ1) is 46.6. The second-order valence-electron chi connectivity index (χ2n) is 18.2. The fourth-order valence-electron chi connectivity index (χ4n) is 9.83. The first-order chi connectivity index (χ1) is 31.2. The number of carbonyl (C=O) groups excluding carboxylic acids is 7. The topological polar surface area (TPSA) is 244 Å². The number of benzene rings is 2. The number of carbonyl (C=O) groups is 7. The summed E-state index contributed by atoms with van der Waals surface area (Å²) in [7, 11) is -3.36. The third-order valence-corrected chi connectivity index (χ3v) is 16.1. The number of rotatable bonds is 18. The molecule has 1 aliphatic carbocycles. The van der Waals surface area contributed by atoms with Crippen LogP contribution in [0.15, 0.2) is 42.5 Å². The lowest BCUT2D eigenvalue weighted by Crippen LogP contribution is -2.54. The largest absolute Gasteiger partial charge is 0.385 e. The zero-order chi connectivity index (χ0) is 45.9. The van der Waals surface area contributed by atoms with Crippen LogP contribution in [0.4, 0.5) is 5.69 Å². The Balaban J connectivity index is 0.722. The summed E-state index contributed by atoms with van der Waals surface area (Å²) in [6.45, 7) is 2.36. The van der Waals surface area contributed by atoms with Gasteiger partial charge in [-0.1, -0.05) is 37.1 Å². The van der Waals surface area contributed by atoms with E-state index in [2.05, 4.69) is 61.5 Å². The lowest BCUT2D eigenvalue weighted by atomic mass is 9.79. The molecule has 6 unspecified atom stereocenters. The predicted molar refractivity (Wildman–Crippen MR) is 243 cm³/mol. The van der Waals surface area contributed by atoms with Gasteiger partial charge in [-0.2, -0.15) is 0 Å². The van der Waals surface area contributed by atoms with Crippen molar-refractivity contribution in [2.24, 2.45) is 11.3 Å². The first-order valence-corrected chi connectivity index (χ1v) is 25.7. The third-order valence-electron chi connectivity index (χ3n) is 13.7. The van der Waals surface area contributed by atoms with E-state index in [0.29, 0.717) is 37.7 Å². The van der Waals surface area contributed by atoms with Crippen LogP contribution in [0.25, 0.3) is 0 Å². The lowest BCUT2D eigenvalue weighted by Gasteiger charge is -2.35. The number of hydrogen-bond donors (Lipinski definition) is 7. The zero-order valence-electron chi connectivity index (χ0n) is 36.6. The van der Waals surface area contributed by atoms with Crippen molar-refractivity contribution in [2.75, 3.05) is 56.6 Å². The molecule has 6 aliphatic rings. The Kier molecular flexibility index (Phi) is 14.3. The number of anilines is 1. The molecule has 8 rings (SSSR count). The van der Waals surface area contributed by atoms with Crippen LogP contribution in [0.5, 0.6) is 0 Å². The first-order valence-electron chi connectivity index (χ1n) is 22.8. The van der Waals surface area contributed by atoms with Gasteiger partial charge in [0.15, 0.2) is 0 Å². The molecule has 6 atom stereocenters. The summed E-state index contributed by atoms with van der Waals surface area (Å²) >= 11 is 1.59.